The maximum atomic E-state index is 13.2. The minimum absolute atomic E-state index is 0.00587. The summed E-state index contributed by atoms with van der Waals surface area (Å²) < 4.78 is 64.1. The maximum absolute atomic E-state index is 13.2. The number of anilines is 1. The van der Waals surface area contributed by atoms with Crippen LogP contribution in [0.1, 0.15) is 16.7 Å². The van der Waals surface area contributed by atoms with Crippen molar-refractivity contribution in [2.45, 2.75) is 19.6 Å². The molecule has 0 aromatic heterocycles. The quantitative estimate of drug-likeness (QED) is 0.795. The second kappa shape index (κ2) is 5.71. The van der Waals surface area contributed by atoms with Crippen LogP contribution in [0.2, 0.25) is 0 Å². The van der Waals surface area contributed by atoms with Crippen molar-refractivity contribution in [1.82, 2.24) is 0 Å². The van der Waals surface area contributed by atoms with Crippen molar-refractivity contribution in [1.29, 1.82) is 0 Å². The summed E-state index contributed by atoms with van der Waals surface area (Å²) in [5, 5.41) is 2.83. The van der Waals surface area contributed by atoms with Crippen LogP contribution < -0.4 is 5.32 Å². The van der Waals surface area contributed by atoms with Gasteiger partial charge in [0.2, 0.25) is 0 Å². The van der Waals surface area contributed by atoms with Gasteiger partial charge in [-0.15, -0.1) is 0 Å². The molecule has 0 heterocycles. The lowest BCUT2D eigenvalue weighted by Gasteiger charge is -2.11. The summed E-state index contributed by atoms with van der Waals surface area (Å²) in [6.07, 6.45) is -4.59. The zero-order chi connectivity index (χ0) is 15.6. The molecule has 112 valence electrons. The largest absolute Gasteiger partial charge is 0.416 e. The predicted octanol–water partition coefficient (Wildman–Crippen LogP) is 4.90. The first-order chi connectivity index (χ1) is 9.75. The molecule has 0 unspecified atom stereocenters. The Morgan fingerprint density at radius 1 is 1.00 bits per heavy atom. The van der Waals surface area contributed by atoms with Crippen LogP contribution in [0, 0.1) is 18.6 Å². The lowest BCUT2D eigenvalue weighted by atomic mass is 10.1. The van der Waals surface area contributed by atoms with E-state index in [-0.39, 0.29) is 17.9 Å². The Bertz CT molecular complexity index is 649. The van der Waals surface area contributed by atoms with E-state index in [1.54, 1.807) is 6.92 Å². The molecule has 0 atom stereocenters. The molecule has 21 heavy (non-hydrogen) atoms. The average molecular weight is 301 g/mol. The third kappa shape index (κ3) is 3.93. The molecule has 0 saturated heterocycles. The van der Waals surface area contributed by atoms with E-state index in [0.29, 0.717) is 17.3 Å². The van der Waals surface area contributed by atoms with Crippen LogP contribution in [0.25, 0.3) is 0 Å². The van der Waals surface area contributed by atoms with Crippen LogP contribution in [-0.4, -0.2) is 0 Å². The Balaban J connectivity index is 2.16. The average Bonchev–Trinajstić information content (AvgIpc) is 2.38. The monoisotopic (exact) mass is 301 g/mol. The van der Waals surface area contributed by atoms with Crippen molar-refractivity contribution in [2.75, 3.05) is 5.32 Å². The van der Waals surface area contributed by atoms with Crippen molar-refractivity contribution in [3.63, 3.8) is 0 Å². The molecular formula is C15H12F5N. The summed E-state index contributed by atoms with van der Waals surface area (Å²) in [7, 11) is 0. The molecule has 0 fully saturated rings. The normalized spacial score (nSPS) is 11.5. The van der Waals surface area contributed by atoms with Gasteiger partial charge in [0.1, 0.15) is 11.6 Å². The molecular weight excluding hydrogens is 289 g/mol. The fourth-order valence-electron chi connectivity index (χ4n) is 1.87. The first-order valence-corrected chi connectivity index (χ1v) is 6.12. The summed E-state index contributed by atoms with van der Waals surface area (Å²) >= 11 is 0. The molecule has 1 N–H and O–H groups in total. The van der Waals surface area contributed by atoms with Gasteiger partial charge in [-0.1, -0.05) is 0 Å². The number of alkyl halides is 3. The number of hydrogen-bond acceptors (Lipinski definition) is 1. The molecule has 0 aliphatic carbocycles. The molecule has 0 amide bonds. The molecule has 2 rings (SSSR count). The first-order valence-electron chi connectivity index (χ1n) is 6.12. The van der Waals surface area contributed by atoms with Crippen molar-refractivity contribution < 1.29 is 22.0 Å². The van der Waals surface area contributed by atoms with Crippen LogP contribution in [0.3, 0.4) is 0 Å². The highest BCUT2D eigenvalue weighted by atomic mass is 19.4. The summed E-state index contributed by atoms with van der Waals surface area (Å²) in [5.41, 5.74) is 0.0841. The van der Waals surface area contributed by atoms with E-state index in [4.69, 9.17) is 0 Å². The van der Waals surface area contributed by atoms with Crippen molar-refractivity contribution >= 4 is 5.69 Å². The third-order valence-corrected chi connectivity index (χ3v) is 2.94. The Kier molecular flexibility index (Phi) is 4.16. The van der Waals surface area contributed by atoms with Gasteiger partial charge in [0.25, 0.3) is 0 Å². The second-order valence-corrected chi connectivity index (χ2v) is 4.66. The topological polar surface area (TPSA) is 12.0 Å². The van der Waals surface area contributed by atoms with E-state index < -0.39 is 17.6 Å². The maximum Gasteiger partial charge on any atom is 0.416 e. The summed E-state index contributed by atoms with van der Waals surface area (Å²) in [6, 6.07) is 6.60. The first kappa shape index (κ1) is 15.3. The molecule has 0 saturated carbocycles. The van der Waals surface area contributed by atoms with Gasteiger partial charge in [-0.3, -0.25) is 0 Å². The molecule has 0 aliphatic rings. The zero-order valence-electron chi connectivity index (χ0n) is 11.1. The van der Waals surface area contributed by atoms with Gasteiger partial charge < -0.3 is 5.32 Å². The van der Waals surface area contributed by atoms with Gasteiger partial charge in [0.15, 0.2) is 0 Å². The number of aryl methyl sites for hydroxylation is 1. The van der Waals surface area contributed by atoms with E-state index >= 15 is 0 Å². The Morgan fingerprint density at radius 3 is 2.33 bits per heavy atom. The SMILES string of the molecule is Cc1cc(NCc2cc(F)cc(C(F)(F)F)c2)ccc1F. The number of hydrogen-bond donors (Lipinski definition) is 1. The lowest BCUT2D eigenvalue weighted by molar-refractivity contribution is -0.137. The van der Waals surface area contributed by atoms with Gasteiger partial charge >= 0.3 is 6.18 Å². The predicted molar refractivity (Wildman–Crippen MR) is 69.9 cm³/mol. The Labute approximate surface area is 118 Å². The molecule has 2 aromatic rings. The smallest absolute Gasteiger partial charge is 0.381 e. The van der Waals surface area contributed by atoms with Gasteiger partial charge in [0.05, 0.1) is 5.56 Å². The molecule has 0 bridgehead atoms. The van der Waals surface area contributed by atoms with E-state index in [9.17, 15) is 22.0 Å². The molecule has 2 aromatic carbocycles. The summed E-state index contributed by atoms with van der Waals surface area (Å²) in [6.45, 7) is 1.58. The fraction of sp³-hybridized carbons (Fsp3) is 0.200. The second-order valence-electron chi connectivity index (χ2n) is 4.66. The van der Waals surface area contributed by atoms with E-state index in [1.165, 1.54) is 18.2 Å². The van der Waals surface area contributed by atoms with Gasteiger partial charge in [-0.05, 0) is 54.4 Å². The highest BCUT2D eigenvalue weighted by Gasteiger charge is 2.31. The van der Waals surface area contributed by atoms with Crippen LogP contribution in [0.15, 0.2) is 36.4 Å². The van der Waals surface area contributed by atoms with Crippen molar-refractivity contribution in [3.8, 4) is 0 Å². The van der Waals surface area contributed by atoms with Crippen LogP contribution in [0.5, 0.6) is 0 Å². The van der Waals surface area contributed by atoms with Crippen molar-refractivity contribution in [3.05, 3.63) is 64.7 Å². The van der Waals surface area contributed by atoms with Gasteiger partial charge in [-0.2, -0.15) is 13.2 Å². The highest BCUT2D eigenvalue weighted by molar-refractivity contribution is 5.46. The zero-order valence-corrected chi connectivity index (χ0v) is 11.1. The van der Waals surface area contributed by atoms with Crippen LogP contribution >= 0.6 is 0 Å². The molecule has 1 nitrogen and oxygen atoms in total. The van der Waals surface area contributed by atoms with Crippen LogP contribution in [0.4, 0.5) is 27.6 Å². The highest BCUT2D eigenvalue weighted by Crippen LogP contribution is 2.30. The molecule has 0 aliphatic heterocycles. The fourth-order valence-corrected chi connectivity index (χ4v) is 1.87. The summed E-state index contributed by atoms with van der Waals surface area (Å²) in [4.78, 5) is 0. The van der Waals surface area contributed by atoms with E-state index in [0.717, 1.165) is 12.1 Å². The third-order valence-electron chi connectivity index (χ3n) is 2.94. The lowest BCUT2D eigenvalue weighted by Crippen LogP contribution is -2.08. The minimum atomic E-state index is -4.59. The molecule has 0 spiro atoms. The van der Waals surface area contributed by atoms with E-state index in [2.05, 4.69) is 5.32 Å². The van der Waals surface area contributed by atoms with Crippen molar-refractivity contribution in [2.24, 2.45) is 0 Å². The van der Waals surface area contributed by atoms with Crippen LogP contribution in [-0.2, 0) is 12.7 Å². The minimum Gasteiger partial charge on any atom is -0.381 e. The molecule has 0 radical (unpaired) electrons. The number of rotatable bonds is 3. The Hall–Kier alpha value is -2.11. The Morgan fingerprint density at radius 2 is 1.71 bits per heavy atom. The number of benzene rings is 2. The van der Waals surface area contributed by atoms with Gasteiger partial charge in [0, 0.05) is 12.2 Å². The van der Waals surface area contributed by atoms with E-state index in [1.807, 2.05) is 0 Å². The standard InChI is InChI=1S/C15H12F5N/c1-9-4-13(2-3-14(9)17)21-8-10-5-11(15(18,19)20)7-12(16)6-10/h2-7,21H,8H2,1H3. The molecule has 6 heteroatoms. The number of nitrogens with one attached hydrogen (secondary N) is 1. The number of halogens is 5. The summed E-state index contributed by atoms with van der Waals surface area (Å²) in [5.74, 6) is -1.32. The van der Waals surface area contributed by atoms with Gasteiger partial charge in [-0.25, -0.2) is 8.78 Å².